The first-order valence-corrected chi connectivity index (χ1v) is 9.03. The Hall–Kier alpha value is -1.89. The predicted molar refractivity (Wildman–Crippen MR) is 97.9 cm³/mol. The number of aryl methyl sites for hydroxylation is 1. The molecule has 1 amide bonds. The van der Waals surface area contributed by atoms with Crippen molar-refractivity contribution >= 4 is 16.8 Å². The van der Waals surface area contributed by atoms with Crippen LogP contribution >= 0.6 is 0 Å². The maximum atomic E-state index is 13.1. The van der Waals surface area contributed by atoms with E-state index < -0.39 is 0 Å². The Kier molecular flexibility index (Phi) is 6.07. The second-order valence-electron chi connectivity index (χ2n) is 6.30. The van der Waals surface area contributed by atoms with Gasteiger partial charge in [-0.1, -0.05) is 18.2 Å². The Morgan fingerprint density at radius 2 is 2.00 bits per heavy atom. The minimum atomic E-state index is -0.0266. The second kappa shape index (κ2) is 8.47. The number of rotatable bonds is 7. The summed E-state index contributed by atoms with van der Waals surface area (Å²) in [4.78, 5) is 17.2. The summed E-state index contributed by atoms with van der Waals surface area (Å²) in [7, 11) is 0. The summed E-state index contributed by atoms with van der Waals surface area (Å²) in [6, 6.07) is 10.0. The third-order valence-corrected chi connectivity index (χ3v) is 4.79. The van der Waals surface area contributed by atoms with Crippen molar-refractivity contribution in [1.29, 1.82) is 0 Å². The first-order valence-electron chi connectivity index (χ1n) is 9.03. The lowest BCUT2D eigenvalue weighted by atomic mass is 10.2. The van der Waals surface area contributed by atoms with Gasteiger partial charge in [-0.2, -0.15) is 0 Å². The molecular weight excluding hydrogens is 318 g/mol. The zero-order chi connectivity index (χ0) is 17.6. The van der Waals surface area contributed by atoms with Crippen LogP contribution < -0.4 is 0 Å². The maximum absolute atomic E-state index is 13.1. The van der Waals surface area contributed by atoms with Crippen LogP contribution in [0, 0.1) is 0 Å². The first-order chi connectivity index (χ1) is 12.2. The van der Waals surface area contributed by atoms with Gasteiger partial charge in [0.2, 0.25) is 0 Å². The lowest BCUT2D eigenvalue weighted by Crippen LogP contribution is -2.44. The number of morpholine rings is 1. The van der Waals surface area contributed by atoms with Gasteiger partial charge in [0.25, 0.3) is 5.91 Å². The molecule has 1 fully saturated rings. The fourth-order valence-corrected chi connectivity index (χ4v) is 3.41. The summed E-state index contributed by atoms with van der Waals surface area (Å²) in [6.45, 7) is 7.84. The number of nitrogens with zero attached hydrogens (tertiary/aromatic N) is 3. The third kappa shape index (κ3) is 4.03. The van der Waals surface area contributed by atoms with E-state index in [9.17, 15) is 9.90 Å². The van der Waals surface area contributed by atoms with Crippen LogP contribution in [0.5, 0.6) is 0 Å². The number of aromatic nitrogens is 1. The van der Waals surface area contributed by atoms with E-state index in [1.165, 1.54) is 0 Å². The van der Waals surface area contributed by atoms with Crippen LogP contribution in [0.3, 0.4) is 0 Å². The summed E-state index contributed by atoms with van der Waals surface area (Å²) < 4.78 is 7.42. The maximum Gasteiger partial charge on any atom is 0.270 e. The van der Waals surface area contributed by atoms with E-state index >= 15 is 0 Å². The van der Waals surface area contributed by atoms with Gasteiger partial charge >= 0.3 is 0 Å². The normalized spacial score (nSPS) is 15.6. The molecule has 6 heteroatoms. The van der Waals surface area contributed by atoms with E-state index in [4.69, 9.17) is 4.74 Å². The van der Waals surface area contributed by atoms with Crippen LogP contribution in [-0.2, 0) is 11.3 Å². The van der Waals surface area contributed by atoms with Gasteiger partial charge in [0, 0.05) is 50.2 Å². The molecule has 0 saturated carbocycles. The molecule has 6 nitrogen and oxygen atoms in total. The van der Waals surface area contributed by atoms with Crippen LogP contribution in [0.25, 0.3) is 10.9 Å². The fraction of sp³-hybridized carbons (Fsp3) is 0.526. The monoisotopic (exact) mass is 345 g/mol. The molecule has 2 heterocycles. The number of aliphatic hydroxyl groups is 1. The van der Waals surface area contributed by atoms with E-state index in [-0.39, 0.29) is 12.5 Å². The van der Waals surface area contributed by atoms with Crippen LogP contribution in [-0.4, -0.2) is 77.9 Å². The molecule has 1 aliphatic heterocycles. The number of para-hydroxylation sites is 1. The van der Waals surface area contributed by atoms with Gasteiger partial charge in [-0.05, 0) is 19.1 Å². The quantitative estimate of drug-likeness (QED) is 0.825. The highest BCUT2D eigenvalue weighted by Gasteiger charge is 2.21. The van der Waals surface area contributed by atoms with Crippen molar-refractivity contribution in [1.82, 2.24) is 14.4 Å². The molecule has 0 unspecified atom stereocenters. The van der Waals surface area contributed by atoms with E-state index in [2.05, 4.69) is 9.47 Å². The Bertz CT molecular complexity index is 707. The smallest absolute Gasteiger partial charge is 0.270 e. The van der Waals surface area contributed by atoms with Crippen molar-refractivity contribution < 1.29 is 14.6 Å². The Morgan fingerprint density at radius 1 is 1.24 bits per heavy atom. The predicted octanol–water partition coefficient (Wildman–Crippen LogP) is 1.43. The number of amides is 1. The molecule has 1 aromatic carbocycles. The Labute approximate surface area is 148 Å². The average molecular weight is 345 g/mol. The molecule has 2 aromatic rings. The standard InChI is InChI=1S/C19H27N3O3/c1-2-22-17-6-4-3-5-16(17)15-18(22)19(24)21(9-12-23)8-7-20-10-13-25-14-11-20/h3-6,15,23H,2,7-14H2,1H3. The number of hydrogen-bond acceptors (Lipinski definition) is 4. The zero-order valence-electron chi connectivity index (χ0n) is 14.9. The number of carbonyl (C=O) groups is 1. The lowest BCUT2D eigenvalue weighted by Gasteiger charge is -2.30. The average Bonchev–Trinajstić information content (AvgIpc) is 3.04. The van der Waals surface area contributed by atoms with Gasteiger partial charge in [0.1, 0.15) is 5.69 Å². The minimum absolute atomic E-state index is 0.0136. The van der Waals surface area contributed by atoms with Gasteiger partial charge in [-0.25, -0.2) is 0 Å². The molecule has 1 N–H and O–H groups in total. The number of benzene rings is 1. The van der Waals surface area contributed by atoms with Crippen molar-refractivity contribution in [3.8, 4) is 0 Å². The van der Waals surface area contributed by atoms with Crippen LogP contribution in [0.15, 0.2) is 30.3 Å². The molecule has 0 spiro atoms. The number of aliphatic hydroxyl groups excluding tert-OH is 1. The summed E-state index contributed by atoms with van der Waals surface area (Å²) in [6.07, 6.45) is 0. The fourth-order valence-electron chi connectivity index (χ4n) is 3.41. The topological polar surface area (TPSA) is 57.9 Å². The molecule has 1 aliphatic rings. The molecule has 0 atom stereocenters. The molecule has 0 aliphatic carbocycles. The highest BCUT2D eigenvalue weighted by molar-refractivity contribution is 5.98. The van der Waals surface area contributed by atoms with Crippen LogP contribution in [0.2, 0.25) is 0 Å². The SMILES string of the molecule is CCn1c(C(=O)N(CCO)CCN2CCOCC2)cc2ccccc21. The molecular formula is C19H27N3O3. The van der Waals surface area contributed by atoms with E-state index in [1.54, 1.807) is 4.90 Å². The highest BCUT2D eigenvalue weighted by Crippen LogP contribution is 2.21. The summed E-state index contributed by atoms with van der Waals surface area (Å²) in [5, 5.41) is 10.5. The van der Waals surface area contributed by atoms with Crippen molar-refractivity contribution in [2.24, 2.45) is 0 Å². The Morgan fingerprint density at radius 3 is 2.72 bits per heavy atom. The number of fused-ring (bicyclic) bond motifs is 1. The van der Waals surface area contributed by atoms with Gasteiger partial charge in [0.05, 0.1) is 19.8 Å². The van der Waals surface area contributed by atoms with Crippen LogP contribution in [0.1, 0.15) is 17.4 Å². The number of ether oxygens (including phenoxy) is 1. The van der Waals surface area contributed by atoms with Crippen molar-refractivity contribution in [3.05, 3.63) is 36.0 Å². The lowest BCUT2D eigenvalue weighted by molar-refractivity contribution is 0.0314. The molecule has 136 valence electrons. The highest BCUT2D eigenvalue weighted by atomic mass is 16.5. The number of carbonyl (C=O) groups excluding carboxylic acids is 1. The number of hydrogen-bond donors (Lipinski definition) is 1. The first kappa shape index (κ1) is 17.9. The molecule has 1 aromatic heterocycles. The van der Waals surface area contributed by atoms with Crippen molar-refractivity contribution in [3.63, 3.8) is 0 Å². The minimum Gasteiger partial charge on any atom is -0.395 e. The largest absolute Gasteiger partial charge is 0.395 e. The molecule has 3 rings (SSSR count). The second-order valence-corrected chi connectivity index (χ2v) is 6.30. The summed E-state index contributed by atoms with van der Waals surface area (Å²) in [5.41, 5.74) is 1.77. The van der Waals surface area contributed by atoms with Gasteiger partial charge in [-0.15, -0.1) is 0 Å². The molecule has 25 heavy (non-hydrogen) atoms. The van der Waals surface area contributed by atoms with E-state index in [0.29, 0.717) is 18.8 Å². The zero-order valence-corrected chi connectivity index (χ0v) is 14.9. The van der Waals surface area contributed by atoms with Gasteiger partial charge in [0.15, 0.2) is 0 Å². The molecule has 0 radical (unpaired) electrons. The van der Waals surface area contributed by atoms with Gasteiger partial charge < -0.3 is 19.3 Å². The summed E-state index contributed by atoms with van der Waals surface area (Å²) >= 11 is 0. The third-order valence-electron chi connectivity index (χ3n) is 4.79. The van der Waals surface area contributed by atoms with Crippen LogP contribution in [0.4, 0.5) is 0 Å². The molecule has 0 bridgehead atoms. The van der Waals surface area contributed by atoms with Gasteiger partial charge in [-0.3, -0.25) is 9.69 Å². The van der Waals surface area contributed by atoms with Crippen molar-refractivity contribution in [2.45, 2.75) is 13.5 Å². The van der Waals surface area contributed by atoms with Crippen molar-refractivity contribution in [2.75, 3.05) is 52.5 Å². The molecule has 1 saturated heterocycles. The summed E-state index contributed by atoms with van der Waals surface area (Å²) in [5.74, 6) is -0.0136. The Balaban J connectivity index is 1.77. The van der Waals surface area contributed by atoms with E-state index in [0.717, 1.165) is 50.3 Å². The van der Waals surface area contributed by atoms with E-state index in [1.807, 2.05) is 37.3 Å².